The molecule has 2 N–H and O–H groups in total. The third kappa shape index (κ3) is 7.76. The molecule has 0 amide bonds. The second kappa shape index (κ2) is 13.7. The minimum absolute atomic E-state index is 0. The molecule has 0 aliphatic carbocycles. The van der Waals surface area contributed by atoms with E-state index in [2.05, 4.69) is 58.9 Å². The average Bonchev–Trinajstić information content (AvgIpc) is 3.21. The van der Waals surface area contributed by atoms with Crippen LogP contribution in [0.4, 0.5) is 0 Å². The Morgan fingerprint density at radius 1 is 1.06 bits per heavy atom. The van der Waals surface area contributed by atoms with Crippen LogP contribution in [0, 0.1) is 0 Å². The number of nitrogens with zero attached hydrogens (tertiary/aromatic N) is 2. The summed E-state index contributed by atoms with van der Waals surface area (Å²) in [7, 11) is 1.78. The maximum Gasteiger partial charge on any atom is 0.191 e. The third-order valence-corrected chi connectivity index (χ3v) is 5.40. The van der Waals surface area contributed by atoms with Crippen molar-refractivity contribution in [2.45, 2.75) is 65.3 Å². The summed E-state index contributed by atoms with van der Waals surface area (Å²) in [4.78, 5) is 4.33. The van der Waals surface area contributed by atoms with Crippen molar-refractivity contribution in [2.75, 3.05) is 20.3 Å². The molecular formula is C23H35IN4O3. The minimum Gasteiger partial charge on any atom is -0.381 e. The number of halogens is 1. The van der Waals surface area contributed by atoms with Crippen molar-refractivity contribution in [1.82, 2.24) is 15.8 Å². The van der Waals surface area contributed by atoms with E-state index in [0.717, 1.165) is 61.9 Å². The van der Waals surface area contributed by atoms with Crippen LogP contribution >= 0.6 is 24.0 Å². The summed E-state index contributed by atoms with van der Waals surface area (Å²) in [5, 5.41) is 10.9. The van der Waals surface area contributed by atoms with Crippen LogP contribution in [0.5, 0.6) is 0 Å². The monoisotopic (exact) mass is 542 g/mol. The molecule has 2 aromatic rings. The van der Waals surface area contributed by atoms with Crippen LogP contribution in [-0.2, 0) is 42.0 Å². The van der Waals surface area contributed by atoms with Gasteiger partial charge in [-0.15, -0.1) is 24.0 Å². The summed E-state index contributed by atoms with van der Waals surface area (Å²) in [6.45, 7) is 7.78. The lowest BCUT2D eigenvalue weighted by Gasteiger charge is -2.22. The summed E-state index contributed by atoms with van der Waals surface area (Å²) in [5.41, 5.74) is 4.53. The van der Waals surface area contributed by atoms with E-state index in [9.17, 15) is 0 Å². The molecule has 1 aromatic carbocycles. The highest BCUT2D eigenvalue weighted by Crippen LogP contribution is 2.16. The number of hydrogen-bond acceptors (Lipinski definition) is 5. The number of benzene rings is 1. The van der Waals surface area contributed by atoms with Crippen molar-refractivity contribution >= 4 is 29.9 Å². The summed E-state index contributed by atoms with van der Waals surface area (Å²) in [5.74, 6) is 1.69. The van der Waals surface area contributed by atoms with Crippen molar-refractivity contribution in [3.8, 4) is 0 Å². The summed E-state index contributed by atoms with van der Waals surface area (Å²) >= 11 is 0. The van der Waals surface area contributed by atoms with E-state index in [1.54, 1.807) is 7.05 Å². The predicted molar refractivity (Wildman–Crippen MR) is 133 cm³/mol. The maximum absolute atomic E-state index is 5.99. The van der Waals surface area contributed by atoms with Crippen molar-refractivity contribution in [3.05, 3.63) is 52.4 Å². The molecule has 0 bridgehead atoms. The molecule has 1 aliphatic rings. The first kappa shape index (κ1) is 25.6. The van der Waals surface area contributed by atoms with Gasteiger partial charge in [0.2, 0.25) is 0 Å². The topological polar surface area (TPSA) is 80.9 Å². The smallest absolute Gasteiger partial charge is 0.191 e. The Balaban J connectivity index is 0.00000341. The van der Waals surface area contributed by atoms with Crippen LogP contribution in [0.2, 0.25) is 0 Å². The van der Waals surface area contributed by atoms with Crippen LogP contribution in [-0.4, -0.2) is 37.5 Å². The highest BCUT2D eigenvalue weighted by Gasteiger charge is 2.15. The van der Waals surface area contributed by atoms with Gasteiger partial charge >= 0.3 is 0 Å². The van der Waals surface area contributed by atoms with Gasteiger partial charge in [0.1, 0.15) is 5.76 Å². The minimum atomic E-state index is 0. The van der Waals surface area contributed by atoms with Crippen molar-refractivity contribution in [3.63, 3.8) is 0 Å². The fourth-order valence-electron chi connectivity index (χ4n) is 3.53. The standard InChI is InChI=1S/C23H34N4O3.HI/c1-4-21-20(22(5-2)30-27-21)15-26-23(24-3)25-14-17-6-8-18(9-7-17)16-29-19-10-12-28-13-11-19;/h6-9,19H,4-5,10-16H2,1-3H3,(H2,24,25,26);1H. The fourth-order valence-corrected chi connectivity index (χ4v) is 3.53. The van der Waals surface area contributed by atoms with Gasteiger partial charge in [0.05, 0.1) is 18.4 Å². The highest BCUT2D eigenvalue weighted by atomic mass is 127. The number of aromatic nitrogens is 1. The Bertz CT molecular complexity index is 780. The van der Waals surface area contributed by atoms with Gasteiger partial charge in [0, 0.05) is 45.3 Å². The van der Waals surface area contributed by atoms with E-state index in [1.165, 1.54) is 11.1 Å². The van der Waals surface area contributed by atoms with Gasteiger partial charge in [0.15, 0.2) is 5.96 Å². The largest absolute Gasteiger partial charge is 0.381 e. The third-order valence-electron chi connectivity index (χ3n) is 5.40. The number of ether oxygens (including phenoxy) is 2. The molecule has 0 radical (unpaired) electrons. The molecule has 1 aromatic heterocycles. The zero-order chi connectivity index (χ0) is 21.2. The molecule has 2 heterocycles. The van der Waals surface area contributed by atoms with Crippen molar-refractivity contribution in [1.29, 1.82) is 0 Å². The molecule has 0 unspecified atom stereocenters. The molecule has 0 atom stereocenters. The lowest BCUT2D eigenvalue weighted by Crippen LogP contribution is -2.36. The first-order chi connectivity index (χ1) is 14.7. The van der Waals surface area contributed by atoms with Gasteiger partial charge in [-0.05, 0) is 30.4 Å². The molecule has 1 fully saturated rings. The van der Waals surface area contributed by atoms with E-state index in [1.807, 2.05) is 0 Å². The van der Waals surface area contributed by atoms with Gasteiger partial charge in [-0.2, -0.15) is 0 Å². The number of rotatable bonds is 9. The van der Waals surface area contributed by atoms with E-state index >= 15 is 0 Å². The van der Waals surface area contributed by atoms with Crippen LogP contribution in [0.15, 0.2) is 33.8 Å². The lowest BCUT2D eigenvalue weighted by molar-refractivity contribution is -0.0390. The van der Waals surface area contributed by atoms with E-state index in [4.69, 9.17) is 14.0 Å². The molecule has 0 saturated carbocycles. The van der Waals surface area contributed by atoms with E-state index in [-0.39, 0.29) is 24.0 Å². The molecule has 31 heavy (non-hydrogen) atoms. The van der Waals surface area contributed by atoms with Crippen molar-refractivity contribution in [2.24, 2.45) is 4.99 Å². The van der Waals surface area contributed by atoms with Gasteiger partial charge in [-0.1, -0.05) is 43.3 Å². The zero-order valence-electron chi connectivity index (χ0n) is 18.8. The molecule has 7 nitrogen and oxygen atoms in total. The van der Waals surface area contributed by atoms with Crippen LogP contribution in [0.3, 0.4) is 0 Å². The Kier molecular flexibility index (Phi) is 11.3. The number of hydrogen-bond donors (Lipinski definition) is 2. The van der Waals surface area contributed by atoms with Crippen LogP contribution < -0.4 is 10.6 Å². The molecule has 172 valence electrons. The van der Waals surface area contributed by atoms with Gasteiger partial charge < -0.3 is 24.6 Å². The second-order valence-corrected chi connectivity index (χ2v) is 7.46. The molecular weight excluding hydrogens is 507 g/mol. The predicted octanol–water partition coefficient (Wildman–Crippen LogP) is 3.98. The summed E-state index contributed by atoms with van der Waals surface area (Å²) in [6.07, 6.45) is 3.99. The highest BCUT2D eigenvalue weighted by molar-refractivity contribution is 14.0. The molecule has 1 aliphatic heterocycles. The molecule has 3 rings (SSSR count). The second-order valence-electron chi connectivity index (χ2n) is 7.46. The number of guanidine groups is 1. The summed E-state index contributed by atoms with van der Waals surface area (Å²) in [6, 6.07) is 8.52. The molecule has 8 heteroatoms. The van der Waals surface area contributed by atoms with Gasteiger partial charge in [0.25, 0.3) is 0 Å². The Morgan fingerprint density at radius 2 is 1.74 bits per heavy atom. The van der Waals surface area contributed by atoms with E-state index < -0.39 is 0 Å². The Labute approximate surface area is 202 Å². The number of aliphatic imine (C=N–C) groups is 1. The zero-order valence-corrected chi connectivity index (χ0v) is 21.1. The van der Waals surface area contributed by atoms with E-state index in [0.29, 0.717) is 25.8 Å². The quantitative estimate of drug-likeness (QED) is 0.284. The lowest BCUT2D eigenvalue weighted by atomic mass is 10.1. The summed E-state index contributed by atoms with van der Waals surface area (Å²) < 4.78 is 16.8. The van der Waals surface area contributed by atoms with Crippen LogP contribution in [0.25, 0.3) is 0 Å². The Hall–Kier alpha value is -1.65. The number of aryl methyl sites for hydroxylation is 2. The average molecular weight is 542 g/mol. The Morgan fingerprint density at radius 3 is 2.39 bits per heavy atom. The number of nitrogens with one attached hydrogen (secondary N) is 2. The van der Waals surface area contributed by atoms with Gasteiger partial charge in [-0.3, -0.25) is 4.99 Å². The first-order valence-electron chi connectivity index (χ1n) is 10.9. The maximum atomic E-state index is 5.99. The normalized spacial score (nSPS) is 14.9. The SMILES string of the molecule is CCc1noc(CC)c1CNC(=NC)NCc1ccc(COC2CCOCC2)cc1.I. The fraction of sp³-hybridized carbons (Fsp3) is 0.565. The molecule has 0 spiro atoms. The first-order valence-corrected chi connectivity index (χ1v) is 10.9. The van der Waals surface area contributed by atoms with Crippen molar-refractivity contribution < 1.29 is 14.0 Å². The van der Waals surface area contributed by atoms with Crippen LogP contribution in [0.1, 0.15) is 54.8 Å². The van der Waals surface area contributed by atoms with Gasteiger partial charge in [-0.25, -0.2) is 0 Å². The molecule has 1 saturated heterocycles.